The maximum atomic E-state index is 13.7. The summed E-state index contributed by atoms with van der Waals surface area (Å²) in [7, 11) is 0. The van der Waals surface area contributed by atoms with E-state index in [2.05, 4.69) is 20.2 Å². The molecule has 4 aromatic rings. The van der Waals surface area contributed by atoms with Gasteiger partial charge in [-0.2, -0.15) is 26.3 Å². The molecule has 0 spiro atoms. The fourth-order valence-electron chi connectivity index (χ4n) is 5.07. The van der Waals surface area contributed by atoms with Gasteiger partial charge in [-0.1, -0.05) is 25.3 Å². The molecule has 41 heavy (non-hydrogen) atoms. The van der Waals surface area contributed by atoms with Crippen LogP contribution in [0, 0.1) is 0 Å². The van der Waals surface area contributed by atoms with Crippen LogP contribution in [0.15, 0.2) is 60.8 Å². The average molecular weight is 574 g/mol. The van der Waals surface area contributed by atoms with Crippen LogP contribution in [0.3, 0.4) is 0 Å². The van der Waals surface area contributed by atoms with E-state index in [4.69, 9.17) is 4.98 Å². The molecule has 5 rings (SSSR count). The number of fused-ring (bicyclic) bond motifs is 1. The lowest BCUT2D eigenvalue weighted by atomic mass is 10.0. The summed E-state index contributed by atoms with van der Waals surface area (Å²) in [5, 5.41) is 3.61. The van der Waals surface area contributed by atoms with Gasteiger partial charge < -0.3 is 10.2 Å². The molecule has 11 heteroatoms. The van der Waals surface area contributed by atoms with E-state index in [0.717, 1.165) is 50.7 Å². The predicted molar refractivity (Wildman–Crippen MR) is 146 cm³/mol. The quantitative estimate of drug-likeness (QED) is 0.235. The molecule has 2 aromatic carbocycles. The normalized spacial score (nSPS) is 15.5. The van der Waals surface area contributed by atoms with Gasteiger partial charge in [-0.25, -0.2) is 9.97 Å². The maximum absolute atomic E-state index is 13.7. The number of hydrogen-bond acceptors (Lipinski definition) is 5. The predicted octanol–water partition coefficient (Wildman–Crippen LogP) is 8.28. The average Bonchev–Trinajstić information content (AvgIpc) is 2.91. The Bertz CT molecular complexity index is 1480. The van der Waals surface area contributed by atoms with E-state index in [1.165, 1.54) is 49.7 Å². The zero-order valence-corrected chi connectivity index (χ0v) is 22.2. The third kappa shape index (κ3) is 7.13. The van der Waals surface area contributed by atoms with Gasteiger partial charge in [0.1, 0.15) is 11.6 Å². The molecule has 5 nitrogen and oxygen atoms in total. The van der Waals surface area contributed by atoms with Crippen LogP contribution < -0.4 is 5.32 Å². The second-order valence-electron chi connectivity index (χ2n) is 10.2. The Kier molecular flexibility index (Phi) is 8.44. The molecule has 1 N–H and O–H groups in total. The molecule has 1 aliphatic rings. The molecular weight excluding hydrogens is 544 g/mol. The van der Waals surface area contributed by atoms with Crippen LogP contribution >= 0.6 is 0 Å². The van der Waals surface area contributed by atoms with Gasteiger partial charge in [0, 0.05) is 35.8 Å². The summed E-state index contributed by atoms with van der Waals surface area (Å²) < 4.78 is 80.3. The first-order chi connectivity index (χ1) is 19.6. The molecule has 0 unspecified atom stereocenters. The van der Waals surface area contributed by atoms with Gasteiger partial charge in [0.25, 0.3) is 0 Å². The fourth-order valence-corrected chi connectivity index (χ4v) is 5.07. The molecule has 0 saturated carbocycles. The van der Waals surface area contributed by atoms with Crippen LogP contribution in [-0.4, -0.2) is 39.5 Å². The first-order valence-electron chi connectivity index (χ1n) is 13.6. The van der Waals surface area contributed by atoms with Crippen LogP contribution in [0.4, 0.5) is 37.8 Å². The van der Waals surface area contributed by atoms with Crippen molar-refractivity contribution in [1.82, 2.24) is 19.9 Å². The standard InChI is InChI=1S/C30H29F6N5/c31-29(32,33)21-9-11-22(12-10-21)38-28-23-13-8-20(27-24(30(34,35)36)7-6-15-37-27)19-25(23)39-26(40-28)14-18-41-16-4-2-1-3-5-17-41/h6-13,15,19H,1-5,14,16-18H2,(H,38,39,40). The number of anilines is 2. The first kappa shape index (κ1) is 28.8. The molecule has 0 bridgehead atoms. The van der Waals surface area contributed by atoms with Crippen molar-refractivity contribution in [3.05, 3.63) is 77.7 Å². The number of pyridine rings is 1. The Labute approximate surface area is 233 Å². The highest BCUT2D eigenvalue weighted by Crippen LogP contribution is 2.37. The number of nitrogens with zero attached hydrogens (tertiary/aromatic N) is 4. The molecule has 1 aliphatic heterocycles. The summed E-state index contributed by atoms with van der Waals surface area (Å²) in [6.07, 6.45) is -1.35. The lowest BCUT2D eigenvalue weighted by Gasteiger charge is -2.24. The summed E-state index contributed by atoms with van der Waals surface area (Å²) in [4.78, 5) is 15.7. The van der Waals surface area contributed by atoms with E-state index < -0.39 is 23.5 Å². The summed E-state index contributed by atoms with van der Waals surface area (Å²) in [5.74, 6) is 0.851. The van der Waals surface area contributed by atoms with Crippen molar-refractivity contribution < 1.29 is 26.3 Å². The molecule has 0 radical (unpaired) electrons. The number of hydrogen-bond donors (Lipinski definition) is 1. The zero-order chi connectivity index (χ0) is 29.0. The minimum absolute atomic E-state index is 0.208. The zero-order valence-electron chi connectivity index (χ0n) is 22.2. The monoisotopic (exact) mass is 573 g/mol. The van der Waals surface area contributed by atoms with Gasteiger partial charge >= 0.3 is 12.4 Å². The molecular formula is C30H29F6N5. The summed E-state index contributed by atoms with van der Waals surface area (Å²) in [6.45, 7) is 2.69. The molecule has 0 amide bonds. The van der Waals surface area contributed by atoms with E-state index in [-0.39, 0.29) is 11.3 Å². The van der Waals surface area contributed by atoms with Gasteiger partial charge in [0.2, 0.25) is 0 Å². The largest absolute Gasteiger partial charge is 0.418 e. The van der Waals surface area contributed by atoms with Gasteiger partial charge in [-0.05, 0) is 74.5 Å². The molecule has 1 fully saturated rings. The number of benzene rings is 2. The third-order valence-corrected chi connectivity index (χ3v) is 7.21. The summed E-state index contributed by atoms with van der Waals surface area (Å²) >= 11 is 0. The van der Waals surface area contributed by atoms with Crippen LogP contribution in [0.1, 0.15) is 49.1 Å². The Balaban J connectivity index is 1.51. The second-order valence-corrected chi connectivity index (χ2v) is 10.2. The van der Waals surface area contributed by atoms with Crippen molar-refractivity contribution in [2.75, 3.05) is 25.0 Å². The molecule has 216 valence electrons. The number of nitrogens with one attached hydrogen (secondary N) is 1. The molecule has 2 aromatic heterocycles. The molecule has 3 heterocycles. The fraction of sp³-hybridized carbons (Fsp3) is 0.367. The van der Waals surface area contributed by atoms with E-state index in [9.17, 15) is 26.3 Å². The van der Waals surface area contributed by atoms with E-state index in [1.54, 1.807) is 12.1 Å². The van der Waals surface area contributed by atoms with Crippen molar-refractivity contribution >= 4 is 22.4 Å². The van der Waals surface area contributed by atoms with E-state index in [1.807, 2.05) is 0 Å². The summed E-state index contributed by atoms with van der Waals surface area (Å²) in [5.41, 5.74) is -0.785. The SMILES string of the molecule is FC(F)(F)c1ccc(Nc2nc(CCN3CCCCCCC3)nc3cc(-c4ncccc4C(F)(F)F)ccc23)cc1. The van der Waals surface area contributed by atoms with Crippen molar-refractivity contribution in [3.63, 3.8) is 0 Å². The number of rotatable bonds is 6. The highest BCUT2D eigenvalue weighted by Gasteiger charge is 2.34. The highest BCUT2D eigenvalue weighted by molar-refractivity contribution is 5.93. The van der Waals surface area contributed by atoms with Crippen molar-refractivity contribution in [3.8, 4) is 11.3 Å². The number of likely N-dealkylation sites (tertiary alicyclic amines) is 1. The second kappa shape index (κ2) is 12.0. The molecule has 1 saturated heterocycles. The van der Waals surface area contributed by atoms with Crippen LogP contribution in [-0.2, 0) is 18.8 Å². The van der Waals surface area contributed by atoms with Crippen molar-refractivity contribution in [2.24, 2.45) is 0 Å². The number of aromatic nitrogens is 3. The van der Waals surface area contributed by atoms with Gasteiger partial charge in [0.05, 0.1) is 22.3 Å². The van der Waals surface area contributed by atoms with Crippen LogP contribution in [0.2, 0.25) is 0 Å². The van der Waals surface area contributed by atoms with Gasteiger partial charge in [-0.15, -0.1) is 0 Å². The Morgan fingerprint density at radius 3 is 2.17 bits per heavy atom. The Hall–Kier alpha value is -3.73. The Morgan fingerprint density at radius 2 is 1.49 bits per heavy atom. The Morgan fingerprint density at radius 1 is 0.780 bits per heavy atom. The third-order valence-electron chi connectivity index (χ3n) is 7.21. The number of alkyl halides is 6. The molecule has 0 atom stereocenters. The summed E-state index contributed by atoms with van der Waals surface area (Å²) in [6, 6.07) is 11.5. The highest BCUT2D eigenvalue weighted by atomic mass is 19.4. The molecule has 0 aliphatic carbocycles. The lowest BCUT2D eigenvalue weighted by Crippen LogP contribution is -2.29. The smallest absolute Gasteiger partial charge is 0.340 e. The van der Waals surface area contributed by atoms with E-state index in [0.29, 0.717) is 34.7 Å². The van der Waals surface area contributed by atoms with Crippen LogP contribution in [0.5, 0.6) is 0 Å². The van der Waals surface area contributed by atoms with Crippen molar-refractivity contribution in [1.29, 1.82) is 0 Å². The topological polar surface area (TPSA) is 53.9 Å². The van der Waals surface area contributed by atoms with E-state index >= 15 is 0 Å². The van der Waals surface area contributed by atoms with Gasteiger partial charge in [-0.3, -0.25) is 4.98 Å². The minimum Gasteiger partial charge on any atom is -0.340 e. The van der Waals surface area contributed by atoms with Crippen molar-refractivity contribution in [2.45, 2.75) is 50.9 Å². The van der Waals surface area contributed by atoms with Crippen LogP contribution in [0.25, 0.3) is 22.2 Å². The lowest BCUT2D eigenvalue weighted by molar-refractivity contribution is -0.138. The first-order valence-corrected chi connectivity index (χ1v) is 13.6. The minimum atomic E-state index is -4.59. The maximum Gasteiger partial charge on any atom is 0.418 e. The number of halogens is 6. The van der Waals surface area contributed by atoms with Gasteiger partial charge in [0.15, 0.2) is 0 Å².